The van der Waals surface area contributed by atoms with Crippen molar-refractivity contribution in [3.05, 3.63) is 35.9 Å². The van der Waals surface area contributed by atoms with Crippen LogP contribution in [-0.4, -0.2) is 5.91 Å². The van der Waals surface area contributed by atoms with E-state index in [1.54, 1.807) is 0 Å². The zero-order valence-corrected chi connectivity index (χ0v) is 6.60. The molecule has 2 atom stereocenters. The molecule has 0 spiro atoms. The van der Waals surface area contributed by atoms with Gasteiger partial charge in [0.1, 0.15) is 0 Å². The minimum Gasteiger partial charge on any atom is -0.369 e. The van der Waals surface area contributed by atoms with Gasteiger partial charge >= 0.3 is 0 Å². The van der Waals surface area contributed by atoms with Gasteiger partial charge in [-0.3, -0.25) is 4.79 Å². The number of hydrogen-bond donors (Lipinski definition) is 1. The van der Waals surface area contributed by atoms with Crippen molar-refractivity contribution in [3.63, 3.8) is 0 Å². The molecule has 2 nitrogen and oxygen atoms in total. The minimum atomic E-state index is -0.404. The Labute approximate surface area is 74.3 Å². The van der Waals surface area contributed by atoms with Gasteiger partial charge in [0.05, 0.1) is 0 Å². The molecule has 0 radical (unpaired) electrons. The van der Waals surface area contributed by atoms with Crippen molar-refractivity contribution in [3.8, 4) is 0 Å². The second kappa shape index (κ2) is 2.63. The molecule has 1 aliphatic carbocycles. The molecule has 62 valence electrons. The Morgan fingerprint density at radius 3 is 2.92 bits per heavy atom. The Morgan fingerprint density at radius 1 is 1.50 bits per heavy atom. The van der Waals surface area contributed by atoms with Crippen LogP contribution in [0.5, 0.6) is 0 Å². The predicted octanol–water partition coefficient (Wildman–Crippen LogP) is 1.28. The summed E-state index contributed by atoms with van der Waals surface area (Å²) >= 11 is 0. The average Bonchev–Trinajstić information content (AvgIpc) is 2.97. The van der Waals surface area contributed by atoms with E-state index in [4.69, 9.17) is 2.82 Å². The van der Waals surface area contributed by atoms with E-state index in [2.05, 4.69) is 0 Å². The first-order valence-corrected chi connectivity index (χ1v) is 4.07. The monoisotopic (exact) mass is 163 g/mol. The first-order chi connectivity index (χ1) is 6.70. The number of rotatable bonds is 2. The molecular weight excluding hydrogens is 150 g/mol. The molecule has 0 bridgehead atoms. The van der Waals surface area contributed by atoms with Crippen molar-refractivity contribution in [2.75, 3.05) is 0 Å². The third-order valence-corrected chi connectivity index (χ3v) is 2.34. The van der Waals surface area contributed by atoms with Crippen LogP contribution < -0.4 is 5.72 Å². The van der Waals surface area contributed by atoms with Crippen molar-refractivity contribution in [1.29, 1.82) is 0 Å². The number of amides is 1. The second-order valence-electron chi connectivity index (χ2n) is 3.20. The molecule has 0 unspecified atom stereocenters. The molecule has 1 aromatic rings. The lowest BCUT2D eigenvalue weighted by molar-refractivity contribution is -0.119. The van der Waals surface area contributed by atoms with Crippen LogP contribution in [0.4, 0.5) is 0 Å². The van der Waals surface area contributed by atoms with Gasteiger partial charge in [-0.15, -0.1) is 0 Å². The van der Waals surface area contributed by atoms with Gasteiger partial charge in [-0.25, -0.2) is 0 Å². The molecule has 1 amide bonds. The van der Waals surface area contributed by atoms with Gasteiger partial charge in [-0.05, 0) is 17.9 Å². The molecule has 1 aliphatic rings. The van der Waals surface area contributed by atoms with Gasteiger partial charge in [0.15, 0.2) is 2.82 Å². The molecule has 0 aliphatic heterocycles. The molecule has 12 heavy (non-hydrogen) atoms. The predicted molar refractivity (Wildman–Crippen MR) is 46.5 cm³/mol. The summed E-state index contributed by atoms with van der Waals surface area (Å²) in [5, 5.41) is 0. The number of benzene rings is 1. The average molecular weight is 163 g/mol. The van der Waals surface area contributed by atoms with E-state index in [9.17, 15) is 4.79 Å². The van der Waals surface area contributed by atoms with Crippen molar-refractivity contribution < 1.29 is 7.62 Å². The van der Waals surface area contributed by atoms with Gasteiger partial charge in [0.25, 0.3) is 0 Å². The topological polar surface area (TPSA) is 43.1 Å². The molecule has 0 saturated heterocycles. The molecule has 2 rings (SSSR count). The van der Waals surface area contributed by atoms with Crippen LogP contribution in [0, 0.1) is 5.92 Å². The van der Waals surface area contributed by atoms with Crippen LogP contribution in [-0.2, 0) is 4.79 Å². The first kappa shape index (κ1) is 5.36. The number of carbonyl (C=O) groups is 1. The Kier molecular flexibility index (Phi) is 1.17. The molecule has 1 saturated carbocycles. The van der Waals surface area contributed by atoms with Crippen LogP contribution >= 0.6 is 0 Å². The number of hydrogen-bond acceptors (Lipinski definition) is 1. The van der Waals surface area contributed by atoms with E-state index in [0.717, 1.165) is 12.0 Å². The SMILES string of the molecule is [2H]N([2H])C(=O)[C@H]1C[C@@H]1c1ccccc1. The van der Waals surface area contributed by atoms with E-state index in [-0.39, 0.29) is 17.6 Å². The van der Waals surface area contributed by atoms with Crippen LogP contribution in [0.1, 0.15) is 17.9 Å². The summed E-state index contributed by atoms with van der Waals surface area (Å²) in [7, 11) is 0. The molecule has 1 aromatic carbocycles. The fourth-order valence-corrected chi connectivity index (χ4v) is 1.54. The zero-order valence-electron chi connectivity index (χ0n) is 8.60. The highest BCUT2D eigenvalue weighted by Gasteiger charge is 2.42. The molecule has 2 heteroatoms. The summed E-state index contributed by atoms with van der Waals surface area (Å²) in [5.41, 5.74) is 1.32. The second-order valence-corrected chi connectivity index (χ2v) is 3.20. The third-order valence-electron chi connectivity index (χ3n) is 2.34. The number of primary amides is 1. The van der Waals surface area contributed by atoms with Crippen molar-refractivity contribution >= 4 is 5.91 Å². The van der Waals surface area contributed by atoms with Crippen LogP contribution in [0.25, 0.3) is 0 Å². The zero-order chi connectivity index (χ0) is 10.1. The Hall–Kier alpha value is -1.31. The van der Waals surface area contributed by atoms with E-state index >= 15 is 0 Å². The smallest absolute Gasteiger partial charge is 0.221 e. The van der Waals surface area contributed by atoms with Gasteiger partial charge < -0.3 is 5.72 Å². The highest BCUT2D eigenvalue weighted by Crippen LogP contribution is 2.46. The number of carbonyl (C=O) groups excluding carboxylic acids is 1. The minimum absolute atomic E-state index is 0.146. The maximum Gasteiger partial charge on any atom is 0.221 e. The summed E-state index contributed by atoms with van der Waals surface area (Å²) < 4.78 is 13.7. The maximum atomic E-state index is 11.2. The van der Waals surface area contributed by atoms with Gasteiger partial charge in [0.2, 0.25) is 5.91 Å². The van der Waals surface area contributed by atoms with Crippen LogP contribution in [0.3, 0.4) is 0 Å². The van der Waals surface area contributed by atoms with Gasteiger partial charge in [-0.2, -0.15) is 0 Å². The Balaban J connectivity index is 2.03. The fraction of sp³-hybridized carbons (Fsp3) is 0.300. The third kappa shape index (κ3) is 1.20. The first-order valence-electron chi connectivity index (χ1n) is 4.96. The lowest BCUT2D eigenvalue weighted by Crippen LogP contribution is -2.13. The van der Waals surface area contributed by atoms with Gasteiger partial charge in [-0.1, -0.05) is 30.3 Å². The fourth-order valence-electron chi connectivity index (χ4n) is 1.54. The Morgan fingerprint density at radius 2 is 2.25 bits per heavy atom. The standard InChI is InChI=1S/C10H11NO/c11-10(12)9-6-8(9)7-4-2-1-3-5-7/h1-5,8-9H,6H2,(H2,11,12)/t8-,9+/m1/s1/i/hD2. The summed E-state index contributed by atoms with van der Waals surface area (Å²) in [5.74, 6) is -0.326. The Bertz CT molecular complexity index is 339. The molecule has 0 heterocycles. The van der Waals surface area contributed by atoms with Gasteiger partial charge in [0, 0.05) is 5.92 Å². The van der Waals surface area contributed by atoms with Crippen molar-refractivity contribution in [2.24, 2.45) is 11.6 Å². The van der Waals surface area contributed by atoms with Crippen molar-refractivity contribution in [2.45, 2.75) is 12.3 Å². The summed E-state index contributed by atoms with van der Waals surface area (Å²) in [6.07, 6.45) is 0.775. The highest BCUT2D eigenvalue weighted by atomic mass is 16.1. The number of nitrogens with two attached hydrogens (primary N) is 1. The summed E-state index contributed by atoms with van der Waals surface area (Å²) in [6, 6.07) is 9.78. The summed E-state index contributed by atoms with van der Waals surface area (Å²) in [6.45, 7) is 0. The molecular formula is C10H11NO. The van der Waals surface area contributed by atoms with E-state index in [1.165, 1.54) is 0 Å². The maximum absolute atomic E-state index is 11.2. The largest absolute Gasteiger partial charge is 0.369 e. The molecule has 2 N–H and O–H groups in total. The van der Waals surface area contributed by atoms with Crippen molar-refractivity contribution in [1.82, 2.24) is 0 Å². The van der Waals surface area contributed by atoms with E-state index in [0.29, 0.717) is 0 Å². The molecule has 0 aromatic heterocycles. The van der Waals surface area contributed by atoms with E-state index in [1.807, 2.05) is 30.3 Å². The normalized spacial score (nSPS) is 28.7. The lowest BCUT2D eigenvalue weighted by atomic mass is 10.1. The lowest BCUT2D eigenvalue weighted by Gasteiger charge is -1.95. The van der Waals surface area contributed by atoms with Crippen LogP contribution in [0.15, 0.2) is 30.3 Å². The van der Waals surface area contributed by atoms with Crippen LogP contribution in [0.2, 0.25) is 2.82 Å². The van der Waals surface area contributed by atoms with E-state index < -0.39 is 5.91 Å². The summed E-state index contributed by atoms with van der Waals surface area (Å²) in [4.78, 5) is 11.2. The quantitative estimate of drug-likeness (QED) is 0.701. The highest BCUT2D eigenvalue weighted by molar-refractivity contribution is 5.81. The molecule has 1 fully saturated rings.